The minimum Gasteiger partial charge on any atom is -0.379 e. The summed E-state index contributed by atoms with van der Waals surface area (Å²) in [6.45, 7) is 3.54. The van der Waals surface area contributed by atoms with E-state index < -0.39 is 0 Å². The van der Waals surface area contributed by atoms with Gasteiger partial charge in [-0.3, -0.25) is 14.8 Å². The SMILES string of the molecule is O=c1c2c([nH]n1-c1ccccn1)CCC(N1CCOCC1)C2. The fourth-order valence-electron chi connectivity index (χ4n) is 3.48. The van der Waals surface area contributed by atoms with Crippen LogP contribution in [0.1, 0.15) is 17.7 Å². The first-order chi connectivity index (χ1) is 10.8. The first-order valence-electron chi connectivity index (χ1n) is 7.89. The third-order valence-corrected chi connectivity index (χ3v) is 4.68. The normalized spacial score (nSPS) is 22.5. The van der Waals surface area contributed by atoms with Gasteiger partial charge in [0, 0.05) is 36.6 Å². The van der Waals surface area contributed by atoms with Gasteiger partial charge in [-0.2, -0.15) is 0 Å². The number of morpholine rings is 1. The molecule has 3 heterocycles. The molecule has 0 radical (unpaired) electrons. The van der Waals surface area contributed by atoms with E-state index in [4.69, 9.17) is 4.74 Å². The van der Waals surface area contributed by atoms with Crippen molar-refractivity contribution in [2.24, 2.45) is 0 Å². The first-order valence-corrected chi connectivity index (χ1v) is 7.89. The molecular weight excluding hydrogens is 280 g/mol. The minimum absolute atomic E-state index is 0.0478. The van der Waals surface area contributed by atoms with Gasteiger partial charge in [-0.05, 0) is 31.4 Å². The summed E-state index contributed by atoms with van der Waals surface area (Å²) in [5.41, 5.74) is 2.04. The van der Waals surface area contributed by atoms with Crippen LogP contribution in [0.4, 0.5) is 0 Å². The number of aromatic amines is 1. The van der Waals surface area contributed by atoms with Crippen LogP contribution in [0.15, 0.2) is 29.2 Å². The first kappa shape index (κ1) is 13.7. The van der Waals surface area contributed by atoms with Crippen LogP contribution < -0.4 is 5.56 Å². The molecule has 1 aliphatic carbocycles. The molecule has 1 atom stereocenters. The maximum atomic E-state index is 12.7. The lowest BCUT2D eigenvalue weighted by Crippen LogP contribution is -2.46. The molecule has 1 aliphatic heterocycles. The molecule has 6 heteroatoms. The lowest BCUT2D eigenvalue weighted by molar-refractivity contribution is 0.0136. The van der Waals surface area contributed by atoms with Crippen molar-refractivity contribution in [1.82, 2.24) is 19.7 Å². The number of aromatic nitrogens is 3. The predicted molar refractivity (Wildman–Crippen MR) is 82.4 cm³/mol. The number of ether oxygens (including phenoxy) is 1. The molecule has 0 spiro atoms. The molecule has 1 fully saturated rings. The van der Waals surface area contributed by atoms with Crippen LogP contribution in [0.5, 0.6) is 0 Å². The number of rotatable bonds is 2. The van der Waals surface area contributed by atoms with Crippen LogP contribution in [0.25, 0.3) is 5.82 Å². The Balaban J connectivity index is 1.62. The molecule has 1 unspecified atom stereocenters. The van der Waals surface area contributed by atoms with Gasteiger partial charge >= 0.3 is 0 Å². The number of aryl methyl sites for hydroxylation is 1. The van der Waals surface area contributed by atoms with Crippen molar-refractivity contribution in [3.05, 3.63) is 46.0 Å². The molecule has 0 aromatic carbocycles. The van der Waals surface area contributed by atoms with Crippen molar-refractivity contribution in [3.8, 4) is 5.82 Å². The monoisotopic (exact) mass is 300 g/mol. The number of hydrogen-bond donors (Lipinski definition) is 1. The zero-order chi connectivity index (χ0) is 14.9. The molecule has 1 saturated heterocycles. The second kappa shape index (κ2) is 5.70. The quantitative estimate of drug-likeness (QED) is 0.889. The Morgan fingerprint density at radius 2 is 2.14 bits per heavy atom. The molecule has 1 N–H and O–H groups in total. The van der Waals surface area contributed by atoms with Gasteiger partial charge in [0.25, 0.3) is 5.56 Å². The largest absolute Gasteiger partial charge is 0.379 e. The second-order valence-electron chi connectivity index (χ2n) is 5.94. The number of H-pyrrole nitrogens is 1. The number of nitrogens with zero attached hydrogens (tertiary/aromatic N) is 3. The van der Waals surface area contributed by atoms with Gasteiger partial charge in [0.15, 0.2) is 5.82 Å². The Hall–Kier alpha value is -1.92. The van der Waals surface area contributed by atoms with Crippen LogP contribution in [0.2, 0.25) is 0 Å². The Bertz CT molecular complexity index is 701. The smallest absolute Gasteiger partial charge is 0.276 e. The highest BCUT2D eigenvalue weighted by atomic mass is 16.5. The highest BCUT2D eigenvalue weighted by molar-refractivity contribution is 5.28. The van der Waals surface area contributed by atoms with E-state index in [9.17, 15) is 4.79 Å². The Kier molecular flexibility index (Phi) is 3.56. The zero-order valence-corrected chi connectivity index (χ0v) is 12.5. The highest BCUT2D eigenvalue weighted by Crippen LogP contribution is 2.22. The molecule has 2 aromatic heterocycles. The van der Waals surface area contributed by atoms with Crippen molar-refractivity contribution in [2.75, 3.05) is 26.3 Å². The molecule has 2 aliphatic rings. The molecule has 0 amide bonds. The summed E-state index contributed by atoms with van der Waals surface area (Å²) in [4.78, 5) is 19.4. The van der Waals surface area contributed by atoms with Crippen LogP contribution in [0.3, 0.4) is 0 Å². The average Bonchev–Trinajstić information content (AvgIpc) is 2.93. The van der Waals surface area contributed by atoms with Crippen molar-refractivity contribution in [3.63, 3.8) is 0 Å². The van der Waals surface area contributed by atoms with Gasteiger partial charge in [-0.1, -0.05) is 6.07 Å². The van der Waals surface area contributed by atoms with Gasteiger partial charge in [-0.25, -0.2) is 9.67 Å². The van der Waals surface area contributed by atoms with Crippen molar-refractivity contribution >= 4 is 0 Å². The molecule has 0 bridgehead atoms. The summed E-state index contributed by atoms with van der Waals surface area (Å²) in [6, 6.07) is 6.05. The van der Waals surface area contributed by atoms with Crippen LogP contribution in [-0.4, -0.2) is 52.0 Å². The fourth-order valence-corrected chi connectivity index (χ4v) is 3.48. The molecular formula is C16H20N4O2. The van der Waals surface area contributed by atoms with E-state index in [0.717, 1.165) is 56.8 Å². The summed E-state index contributed by atoms with van der Waals surface area (Å²) >= 11 is 0. The number of pyridine rings is 1. The van der Waals surface area contributed by atoms with Gasteiger partial charge < -0.3 is 4.74 Å². The maximum absolute atomic E-state index is 12.7. The van der Waals surface area contributed by atoms with Crippen LogP contribution in [-0.2, 0) is 17.6 Å². The van der Waals surface area contributed by atoms with E-state index in [-0.39, 0.29) is 5.56 Å². The second-order valence-corrected chi connectivity index (χ2v) is 5.94. The number of fused-ring (bicyclic) bond motifs is 1. The molecule has 22 heavy (non-hydrogen) atoms. The van der Waals surface area contributed by atoms with E-state index >= 15 is 0 Å². The van der Waals surface area contributed by atoms with Crippen molar-refractivity contribution in [1.29, 1.82) is 0 Å². The Morgan fingerprint density at radius 1 is 1.27 bits per heavy atom. The lowest BCUT2D eigenvalue weighted by Gasteiger charge is -2.36. The molecule has 6 nitrogen and oxygen atoms in total. The number of hydrogen-bond acceptors (Lipinski definition) is 4. The molecule has 2 aromatic rings. The van der Waals surface area contributed by atoms with Crippen LogP contribution >= 0.6 is 0 Å². The van der Waals surface area contributed by atoms with Crippen molar-refractivity contribution in [2.45, 2.75) is 25.3 Å². The standard InChI is InChI=1S/C16H20N4O2/c21-16-13-11-12(19-7-9-22-10-8-19)4-5-14(13)18-20(16)15-3-1-2-6-17-15/h1-3,6,12,18H,4-5,7-11H2. The summed E-state index contributed by atoms with van der Waals surface area (Å²) in [5.74, 6) is 0.657. The Morgan fingerprint density at radius 3 is 2.91 bits per heavy atom. The average molecular weight is 300 g/mol. The predicted octanol–water partition coefficient (Wildman–Crippen LogP) is 0.750. The lowest BCUT2D eigenvalue weighted by atomic mass is 9.92. The van der Waals surface area contributed by atoms with Crippen molar-refractivity contribution < 1.29 is 4.74 Å². The molecule has 0 saturated carbocycles. The van der Waals surface area contributed by atoms with E-state index in [1.54, 1.807) is 10.9 Å². The van der Waals surface area contributed by atoms with Gasteiger partial charge in [0.1, 0.15) is 0 Å². The fraction of sp³-hybridized carbons (Fsp3) is 0.500. The highest BCUT2D eigenvalue weighted by Gasteiger charge is 2.29. The van der Waals surface area contributed by atoms with Crippen LogP contribution in [0, 0.1) is 0 Å². The van der Waals surface area contributed by atoms with E-state index in [1.807, 2.05) is 18.2 Å². The zero-order valence-electron chi connectivity index (χ0n) is 12.5. The maximum Gasteiger partial charge on any atom is 0.276 e. The minimum atomic E-state index is 0.0478. The third-order valence-electron chi connectivity index (χ3n) is 4.68. The van der Waals surface area contributed by atoms with Gasteiger partial charge in [0.05, 0.1) is 13.2 Å². The Labute approximate surface area is 128 Å². The summed E-state index contributed by atoms with van der Waals surface area (Å²) in [7, 11) is 0. The molecule has 4 rings (SSSR count). The molecule has 116 valence electrons. The van der Waals surface area contributed by atoms with E-state index in [0.29, 0.717) is 11.9 Å². The van der Waals surface area contributed by atoms with E-state index in [1.165, 1.54) is 0 Å². The number of nitrogens with one attached hydrogen (secondary N) is 1. The van der Waals surface area contributed by atoms with Gasteiger partial charge in [0.2, 0.25) is 0 Å². The summed E-state index contributed by atoms with van der Waals surface area (Å²) in [6.07, 6.45) is 4.55. The third kappa shape index (κ3) is 2.38. The van der Waals surface area contributed by atoms with Gasteiger partial charge in [-0.15, -0.1) is 0 Å². The summed E-state index contributed by atoms with van der Waals surface area (Å²) in [5, 5.41) is 3.24. The van der Waals surface area contributed by atoms with E-state index in [2.05, 4.69) is 15.0 Å². The summed E-state index contributed by atoms with van der Waals surface area (Å²) < 4.78 is 7.00. The topological polar surface area (TPSA) is 63.2 Å².